The highest BCUT2D eigenvalue weighted by molar-refractivity contribution is 6.30. The van der Waals surface area contributed by atoms with Crippen molar-refractivity contribution in [2.45, 2.75) is 32.9 Å². The zero-order valence-corrected chi connectivity index (χ0v) is 19.9. The average molecular weight is 478 g/mol. The molecule has 0 aliphatic rings. The van der Waals surface area contributed by atoms with Crippen molar-refractivity contribution in [3.05, 3.63) is 89.2 Å². The normalized spacial score (nSPS) is 10.9. The first-order chi connectivity index (χ1) is 16.6. The van der Waals surface area contributed by atoms with Crippen LogP contribution in [0.25, 0.3) is 11.0 Å². The first-order valence-corrected chi connectivity index (χ1v) is 11.8. The van der Waals surface area contributed by atoms with Gasteiger partial charge in [0.05, 0.1) is 24.2 Å². The third-order valence-electron chi connectivity index (χ3n) is 5.49. The smallest absolute Gasteiger partial charge is 0.258 e. The van der Waals surface area contributed by atoms with Gasteiger partial charge in [-0.15, -0.1) is 0 Å². The van der Waals surface area contributed by atoms with Crippen LogP contribution < -0.4 is 14.8 Å². The quantitative estimate of drug-likeness (QED) is 0.293. The van der Waals surface area contributed by atoms with Crippen LogP contribution in [0.5, 0.6) is 11.5 Å². The fourth-order valence-corrected chi connectivity index (χ4v) is 3.78. The van der Waals surface area contributed by atoms with Gasteiger partial charge >= 0.3 is 0 Å². The molecular weight excluding hydrogens is 450 g/mol. The Hall–Kier alpha value is -3.51. The zero-order valence-electron chi connectivity index (χ0n) is 19.2. The summed E-state index contributed by atoms with van der Waals surface area (Å²) in [6.07, 6.45) is 1.83. The minimum atomic E-state index is -0.215. The van der Waals surface area contributed by atoms with Crippen LogP contribution in [-0.4, -0.2) is 28.7 Å². The highest BCUT2D eigenvalue weighted by Crippen LogP contribution is 2.18. The molecule has 1 heterocycles. The molecule has 1 N–H and O–H groups in total. The van der Waals surface area contributed by atoms with Gasteiger partial charge in [-0.3, -0.25) is 4.79 Å². The second-order valence-corrected chi connectivity index (χ2v) is 8.32. The third kappa shape index (κ3) is 6.29. The highest BCUT2D eigenvalue weighted by atomic mass is 35.5. The number of carbonyl (C=O) groups excluding carboxylic acids is 1. The topological polar surface area (TPSA) is 65.4 Å². The molecule has 1 amide bonds. The number of hydrogen-bond acceptors (Lipinski definition) is 4. The van der Waals surface area contributed by atoms with E-state index in [1.165, 1.54) is 5.56 Å². The number of aromatic nitrogens is 2. The van der Waals surface area contributed by atoms with E-state index in [4.69, 9.17) is 26.1 Å². The fraction of sp³-hybridized carbons (Fsp3) is 0.259. The Balaban J connectivity index is 1.32. The van der Waals surface area contributed by atoms with E-state index in [9.17, 15) is 4.79 Å². The van der Waals surface area contributed by atoms with Crippen molar-refractivity contribution < 1.29 is 14.3 Å². The SMILES string of the molecule is CCc1ccc(OCCCn2c(CNC(=O)COc3ccc(Cl)cc3)nc3ccccc32)cc1. The van der Waals surface area contributed by atoms with E-state index in [-0.39, 0.29) is 12.5 Å². The Morgan fingerprint density at radius 3 is 2.44 bits per heavy atom. The number of amides is 1. The summed E-state index contributed by atoms with van der Waals surface area (Å²) in [6.45, 7) is 3.71. The van der Waals surface area contributed by atoms with Gasteiger partial charge in [0, 0.05) is 11.6 Å². The zero-order chi connectivity index (χ0) is 23.8. The van der Waals surface area contributed by atoms with Gasteiger partial charge in [-0.05, 0) is 66.9 Å². The molecule has 6 nitrogen and oxygen atoms in total. The number of carbonyl (C=O) groups is 1. The summed E-state index contributed by atoms with van der Waals surface area (Å²) in [5.41, 5.74) is 3.24. The van der Waals surface area contributed by atoms with Crippen molar-refractivity contribution in [1.82, 2.24) is 14.9 Å². The van der Waals surface area contributed by atoms with Gasteiger partial charge in [0.1, 0.15) is 17.3 Å². The molecule has 4 aromatic rings. The summed E-state index contributed by atoms with van der Waals surface area (Å²) in [4.78, 5) is 17.0. The van der Waals surface area contributed by atoms with Crippen molar-refractivity contribution >= 4 is 28.5 Å². The minimum absolute atomic E-state index is 0.0769. The number of aryl methyl sites for hydroxylation is 2. The van der Waals surface area contributed by atoms with Crippen LogP contribution in [0, 0.1) is 0 Å². The summed E-state index contributed by atoms with van der Waals surface area (Å²) in [7, 11) is 0. The number of ether oxygens (including phenoxy) is 2. The molecule has 0 fully saturated rings. The lowest BCUT2D eigenvalue weighted by molar-refractivity contribution is -0.123. The Morgan fingerprint density at radius 1 is 0.971 bits per heavy atom. The Bertz CT molecular complexity index is 1220. The molecule has 0 spiro atoms. The van der Waals surface area contributed by atoms with E-state index in [2.05, 4.69) is 28.9 Å². The fourth-order valence-electron chi connectivity index (χ4n) is 3.65. The van der Waals surface area contributed by atoms with Crippen molar-refractivity contribution in [2.24, 2.45) is 0 Å². The highest BCUT2D eigenvalue weighted by Gasteiger charge is 2.12. The molecule has 0 aliphatic heterocycles. The molecule has 3 aromatic carbocycles. The first-order valence-electron chi connectivity index (χ1n) is 11.4. The predicted octanol–water partition coefficient (Wildman–Crippen LogP) is 5.42. The maximum absolute atomic E-state index is 12.3. The van der Waals surface area contributed by atoms with E-state index in [0.29, 0.717) is 23.9 Å². The summed E-state index contributed by atoms with van der Waals surface area (Å²) >= 11 is 5.88. The number of imidazole rings is 1. The Kier molecular flexibility index (Phi) is 8.04. The monoisotopic (exact) mass is 477 g/mol. The second-order valence-electron chi connectivity index (χ2n) is 7.89. The molecule has 0 aliphatic carbocycles. The molecule has 0 unspecified atom stereocenters. The second kappa shape index (κ2) is 11.6. The molecule has 7 heteroatoms. The lowest BCUT2D eigenvalue weighted by Gasteiger charge is -2.12. The van der Waals surface area contributed by atoms with Gasteiger partial charge in [0.2, 0.25) is 0 Å². The van der Waals surface area contributed by atoms with Crippen LogP contribution >= 0.6 is 11.6 Å². The van der Waals surface area contributed by atoms with Gasteiger partial charge in [0.15, 0.2) is 6.61 Å². The van der Waals surface area contributed by atoms with Crippen molar-refractivity contribution in [1.29, 1.82) is 0 Å². The number of para-hydroxylation sites is 2. The molecule has 0 saturated heterocycles. The Labute approximate surface area is 204 Å². The molecule has 1 aromatic heterocycles. The standard InChI is InChI=1S/C27H28ClN3O3/c1-2-20-8-12-22(13-9-20)33-17-5-16-31-25-7-4-3-6-24(25)30-26(31)18-29-27(32)19-34-23-14-10-21(28)11-15-23/h3-4,6-15H,2,5,16-19H2,1H3,(H,29,32). The molecule has 0 radical (unpaired) electrons. The van der Waals surface area contributed by atoms with Gasteiger partial charge in [-0.2, -0.15) is 0 Å². The molecule has 176 valence electrons. The lowest BCUT2D eigenvalue weighted by Crippen LogP contribution is -2.29. The van der Waals surface area contributed by atoms with Crippen molar-refractivity contribution in [3.63, 3.8) is 0 Å². The minimum Gasteiger partial charge on any atom is -0.494 e. The van der Waals surface area contributed by atoms with Crippen LogP contribution in [0.2, 0.25) is 5.02 Å². The van der Waals surface area contributed by atoms with E-state index in [0.717, 1.165) is 42.0 Å². The van der Waals surface area contributed by atoms with E-state index < -0.39 is 0 Å². The largest absolute Gasteiger partial charge is 0.494 e. The van der Waals surface area contributed by atoms with E-state index in [1.54, 1.807) is 24.3 Å². The van der Waals surface area contributed by atoms with Crippen LogP contribution in [0.3, 0.4) is 0 Å². The van der Waals surface area contributed by atoms with Gasteiger partial charge in [-0.25, -0.2) is 4.98 Å². The first kappa shape index (κ1) is 23.6. The average Bonchev–Trinajstić information content (AvgIpc) is 3.22. The lowest BCUT2D eigenvalue weighted by atomic mass is 10.2. The van der Waals surface area contributed by atoms with Crippen molar-refractivity contribution in [2.75, 3.05) is 13.2 Å². The summed E-state index contributed by atoms with van der Waals surface area (Å²) in [6, 6.07) is 23.1. The van der Waals surface area contributed by atoms with Crippen molar-refractivity contribution in [3.8, 4) is 11.5 Å². The summed E-state index contributed by atoms with van der Waals surface area (Å²) < 4.78 is 13.6. The number of rotatable bonds is 11. The molecule has 0 atom stereocenters. The molecule has 34 heavy (non-hydrogen) atoms. The molecule has 0 bridgehead atoms. The molecular formula is C27H28ClN3O3. The van der Waals surface area contributed by atoms with E-state index in [1.807, 2.05) is 36.4 Å². The number of nitrogens with one attached hydrogen (secondary N) is 1. The molecule has 4 rings (SSSR count). The summed E-state index contributed by atoms with van der Waals surface area (Å²) in [5, 5.41) is 3.53. The van der Waals surface area contributed by atoms with Gasteiger partial charge < -0.3 is 19.4 Å². The van der Waals surface area contributed by atoms with Crippen LogP contribution in [0.1, 0.15) is 24.7 Å². The predicted molar refractivity (Wildman–Crippen MR) is 134 cm³/mol. The maximum Gasteiger partial charge on any atom is 0.258 e. The van der Waals surface area contributed by atoms with Crippen LogP contribution in [0.15, 0.2) is 72.8 Å². The number of benzene rings is 3. The third-order valence-corrected chi connectivity index (χ3v) is 5.74. The number of halogens is 1. The number of nitrogens with zero attached hydrogens (tertiary/aromatic N) is 2. The van der Waals surface area contributed by atoms with Gasteiger partial charge in [-0.1, -0.05) is 42.8 Å². The maximum atomic E-state index is 12.3. The summed E-state index contributed by atoms with van der Waals surface area (Å²) in [5.74, 6) is 2.05. The number of hydrogen-bond donors (Lipinski definition) is 1. The van der Waals surface area contributed by atoms with Crippen LogP contribution in [-0.2, 0) is 24.3 Å². The number of fused-ring (bicyclic) bond motifs is 1. The van der Waals surface area contributed by atoms with Gasteiger partial charge in [0.25, 0.3) is 5.91 Å². The molecule has 0 saturated carbocycles. The van der Waals surface area contributed by atoms with Crippen LogP contribution in [0.4, 0.5) is 0 Å². The Morgan fingerprint density at radius 2 is 1.68 bits per heavy atom. The van der Waals surface area contributed by atoms with E-state index >= 15 is 0 Å².